The molecule has 0 saturated heterocycles. The quantitative estimate of drug-likeness (QED) is 0.785. The van der Waals surface area contributed by atoms with Crippen LogP contribution in [0.4, 0.5) is 5.82 Å². The second kappa shape index (κ2) is 6.37. The molecule has 0 spiro atoms. The van der Waals surface area contributed by atoms with E-state index in [1.165, 1.54) is 0 Å². The highest BCUT2D eigenvalue weighted by Gasteiger charge is 2.16. The first kappa shape index (κ1) is 14.3. The van der Waals surface area contributed by atoms with Crippen LogP contribution in [0.2, 0.25) is 0 Å². The smallest absolute Gasteiger partial charge is 0.325 e. The van der Waals surface area contributed by atoms with Gasteiger partial charge in [-0.25, -0.2) is 4.98 Å². The molecule has 0 radical (unpaired) electrons. The van der Waals surface area contributed by atoms with Crippen molar-refractivity contribution in [3.8, 4) is 0 Å². The summed E-state index contributed by atoms with van der Waals surface area (Å²) in [7, 11) is 0. The lowest BCUT2D eigenvalue weighted by molar-refractivity contribution is -0.141. The summed E-state index contributed by atoms with van der Waals surface area (Å²) in [5, 5.41) is 1.09. The molecule has 1 aromatic carbocycles. The summed E-state index contributed by atoms with van der Waals surface area (Å²) in [5.41, 5.74) is 0.930. The van der Waals surface area contributed by atoms with Crippen LogP contribution in [0.1, 0.15) is 20.8 Å². The van der Waals surface area contributed by atoms with Gasteiger partial charge in [-0.05, 0) is 39.0 Å². The Balaban J connectivity index is 2.29. The molecule has 0 aliphatic carbocycles. The van der Waals surface area contributed by atoms with E-state index < -0.39 is 0 Å². The lowest BCUT2D eigenvalue weighted by atomic mass is 10.2. The Labute approximate surface area is 119 Å². The van der Waals surface area contributed by atoms with E-state index in [0.717, 1.165) is 16.7 Å². The van der Waals surface area contributed by atoms with E-state index in [9.17, 15) is 4.79 Å². The molecule has 0 amide bonds. The molecule has 0 bridgehead atoms. The van der Waals surface area contributed by atoms with E-state index in [1.54, 1.807) is 0 Å². The zero-order chi connectivity index (χ0) is 14.5. The summed E-state index contributed by atoms with van der Waals surface area (Å²) >= 11 is 0. The number of aromatic nitrogens is 1. The van der Waals surface area contributed by atoms with Crippen LogP contribution >= 0.6 is 0 Å². The van der Waals surface area contributed by atoms with Gasteiger partial charge in [-0.3, -0.25) is 4.79 Å². The molecular formula is C16H20N2O2. The molecule has 0 saturated carbocycles. The number of nitrogens with zero attached hydrogens (tertiary/aromatic N) is 2. The number of rotatable bonds is 5. The molecule has 4 nitrogen and oxygen atoms in total. The van der Waals surface area contributed by atoms with E-state index in [0.29, 0.717) is 6.61 Å². The second-order valence-corrected chi connectivity index (χ2v) is 4.89. The fourth-order valence-corrected chi connectivity index (χ4v) is 2.09. The summed E-state index contributed by atoms with van der Waals surface area (Å²) in [5.74, 6) is 0.572. The molecule has 2 rings (SSSR count). The largest absolute Gasteiger partial charge is 0.465 e. The molecule has 0 fully saturated rings. The fourth-order valence-electron chi connectivity index (χ4n) is 2.09. The number of para-hydroxylation sites is 1. The number of fused-ring (bicyclic) bond motifs is 1. The van der Waals surface area contributed by atoms with Crippen LogP contribution in [0.3, 0.4) is 0 Å². The first-order valence-electron chi connectivity index (χ1n) is 6.90. The van der Waals surface area contributed by atoms with Crippen molar-refractivity contribution in [1.29, 1.82) is 0 Å². The normalized spacial score (nSPS) is 10.8. The topological polar surface area (TPSA) is 42.4 Å². The summed E-state index contributed by atoms with van der Waals surface area (Å²) in [6.45, 7) is 6.50. The minimum absolute atomic E-state index is 0.174. The van der Waals surface area contributed by atoms with Crippen molar-refractivity contribution in [2.24, 2.45) is 0 Å². The van der Waals surface area contributed by atoms with Crippen LogP contribution in [-0.2, 0) is 9.53 Å². The molecule has 20 heavy (non-hydrogen) atoms. The molecule has 1 heterocycles. The van der Waals surface area contributed by atoms with Crippen molar-refractivity contribution in [1.82, 2.24) is 4.98 Å². The Morgan fingerprint density at radius 1 is 1.25 bits per heavy atom. The lowest BCUT2D eigenvalue weighted by Crippen LogP contribution is -2.37. The predicted octanol–water partition coefficient (Wildman–Crippen LogP) is 3.01. The minimum atomic E-state index is -0.226. The predicted molar refractivity (Wildman–Crippen MR) is 80.9 cm³/mol. The number of carbonyl (C=O) groups excluding carboxylic acids is 1. The Kier molecular flexibility index (Phi) is 4.56. The van der Waals surface area contributed by atoms with Crippen molar-refractivity contribution >= 4 is 22.7 Å². The highest BCUT2D eigenvalue weighted by Crippen LogP contribution is 2.19. The molecule has 0 atom stereocenters. The number of carbonyl (C=O) groups is 1. The highest BCUT2D eigenvalue weighted by molar-refractivity contribution is 5.81. The van der Waals surface area contributed by atoms with Crippen molar-refractivity contribution in [3.63, 3.8) is 0 Å². The monoisotopic (exact) mass is 272 g/mol. The second-order valence-electron chi connectivity index (χ2n) is 4.89. The number of pyridine rings is 1. The summed E-state index contributed by atoms with van der Waals surface area (Å²) in [4.78, 5) is 18.3. The Morgan fingerprint density at radius 3 is 2.70 bits per heavy atom. The van der Waals surface area contributed by atoms with E-state index >= 15 is 0 Å². The van der Waals surface area contributed by atoms with Gasteiger partial charge >= 0.3 is 5.97 Å². The lowest BCUT2D eigenvalue weighted by Gasteiger charge is -2.27. The molecule has 2 aromatic rings. The molecular weight excluding hydrogens is 252 g/mol. The van der Waals surface area contributed by atoms with Gasteiger partial charge in [-0.2, -0.15) is 0 Å². The fraction of sp³-hybridized carbons (Fsp3) is 0.375. The molecule has 1 aromatic heterocycles. The Morgan fingerprint density at radius 2 is 2.00 bits per heavy atom. The van der Waals surface area contributed by atoms with Gasteiger partial charge in [-0.15, -0.1) is 0 Å². The summed E-state index contributed by atoms with van der Waals surface area (Å²) in [6.07, 6.45) is 0. The van der Waals surface area contributed by atoms with Gasteiger partial charge in [0.05, 0.1) is 12.1 Å². The van der Waals surface area contributed by atoms with E-state index in [4.69, 9.17) is 4.74 Å². The number of hydrogen-bond acceptors (Lipinski definition) is 4. The third kappa shape index (κ3) is 3.26. The van der Waals surface area contributed by atoms with Gasteiger partial charge in [0.1, 0.15) is 12.4 Å². The van der Waals surface area contributed by atoms with Gasteiger partial charge in [0.25, 0.3) is 0 Å². The number of anilines is 1. The number of hydrogen-bond donors (Lipinski definition) is 0. The average molecular weight is 272 g/mol. The van der Waals surface area contributed by atoms with Crippen LogP contribution in [0.25, 0.3) is 10.9 Å². The maximum absolute atomic E-state index is 11.7. The number of esters is 1. The van der Waals surface area contributed by atoms with E-state index in [2.05, 4.69) is 4.98 Å². The maximum Gasteiger partial charge on any atom is 0.325 e. The molecule has 0 aliphatic rings. The highest BCUT2D eigenvalue weighted by atomic mass is 16.5. The maximum atomic E-state index is 11.7. The van der Waals surface area contributed by atoms with Crippen LogP contribution < -0.4 is 4.90 Å². The van der Waals surface area contributed by atoms with Gasteiger partial charge in [0.2, 0.25) is 0 Å². The summed E-state index contributed by atoms with van der Waals surface area (Å²) in [6, 6.07) is 12.1. The number of benzene rings is 1. The van der Waals surface area contributed by atoms with Crippen LogP contribution in [-0.4, -0.2) is 30.1 Å². The van der Waals surface area contributed by atoms with Crippen molar-refractivity contribution < 1.29 is 9.53 Å². The average Bonchev–Trinajstić information content (AvgIpc) is 2.44. The van der Waals surface area contributed by atoms with Crippen LogP contribution in [0.5, 0.6) is 0 Å². The SMILES string of the molecule is CCOC(=O)CN(c1ccc2ccccc2n1)C(C)C. The van der Waals surface area contributed by atoms with E-state index in [-0.39, 0.29) is 18.6 Å². The Hall–Kier alpha value is -2.10. The zero-order valence-electron chi connectivity index (χ0n) is 12.2. The Bertz CT molecular complexity index is 596. The first-order valence-corrected chi connectivity index (χ1v) is 6.90. The first-order chi connectivity index (χ1) is 9.61. The van der Waals surface area contributed by atoms with Gasteiger partial charge < -0.3 is 9.64 Å². The van der Waals surface area contributed by atoms with Crippen molar-refractivity contribution in [2.75, 3.05) is 18.1 Å². The molecule has 0 N–H and O–H groups in total. The third-order valence-electron chi connectivity index (χ3n) is 3.11. The zero-order valence-corrected chi connectivity index (χ0v) is 12.2. The van der Waals surface area contributed by atoms with Crippen molar-refractivity contribution in [2.45, 2.75) is 26.8 Å². The summed E-state index contributed by atoms with van der Waals surface area (Å²) < 4.78 is 5.02. The van der Waals surface area contributed by atoms with Gasteiger partial charge in [0, 0.05) is 11.4 Å². The number of ether oxygens (including phenoxy) is 1. The van der Waals surface area contributed by atoms with Crippen molar-refractivity contribution in [3.05, 3.63) is 36.4 Å². The molecule has 0 unspecified atom stereocenters. The third-order valence-corrected chi connectivity index (χ3v) is 3.11. The molecule has 4 heteroatoms. The van der Waals surface area contributed by atoms with Crippen LogP contribution in [0, 0.1) is 0 Å². The molecule has 0 aliphatic heterocycles. The van der Waals surface area contributed by atoms with Gasteiger partial charge in [-0.1, -0.05) is 18.2 Å². The van der Waals surface area contributed by atoms with Gasteiger partial charge in [0.15, 0.2) is 0 Å². The standard InChI is InChI=1S/C16H20N2O2/c1-4-20-16(19)11-18(12(2)3)15-10-9-13-7-5-6-8-14(13)17-15/h5-10,12H,4,11H2,1-3H3. The van der Waals surface area contributed by atoms with Crippen LogP contribution in [0.15, 0.2) is 36.4 Å². The molecule has 106 valence electrons. The van der Waals surface area contributed by atoms with E-state index in [1.807, 2.05) is 62.1 Å². The minimum Gasteiger partial charge on any atom is -0.465 e.